The van der Waals surface area contributed by atoms with Gasteiger partial charge in [-0.3, -0.25) is 14.2 Å². The Morgan fingerprint density at radius 2 is 2.10 bits per heavy atom. The quantitative estimate of drug-likeness (QED) is 0.198. The Morgan fingerprint density at radius 1 is 1.29 bits per heavy atom. The number of nitrogens with one attached hydrogen (secondary N) is 1. The molecule has 4 rings (SSSR count). The van der Waals surface area contributed by atoms with Gasteiger partial charge >= 0.3 is 0 Å². The maximum Gasteiger partial charge on any atom is 0.263 e. The average molecular weight is 488 g/mol. The van der Waals surface area contributed by atoms with Gasteiger partial charge < -0.3 is 5.32 Å². The van der Waals surface area contributed by atoms with Gasteiger partial charge in [0.25, 0.3) is 5.56 Å². The highest BCUT2D eigenvalue weighted by atomic mass is 32.2. The minimum absolute atomic E-state index is 0.0634. The number of hydrogen-bond donors (Lipinski definition) is 1. The van der Waals surface area contributed by atoms with Gasteiger partial charge in [0.05, 0.1) is 10.6 Å². The van der Waals surface area contributed by atoms with Crippen molar-refractivity contribution in [2.75, 3.05) is 6.54 Å². The van der Waals surface area contributed by atoms with Crippen molar-refractivity contribution in [3.63, 3.8) is 0 Å². The number of carbonyl (C=O) groups excluding carboxylic acids is 1. The van der Waals surface area contributed by atoms with Crippen LogP contribution in [0.5, 0.6) is 0 Å². The Morgan fingerprint density at radius 3 is 2.81 bits per heavy atom. The third-order valence-corrected chi connectivity index (χ3v) is 8.46. The second-order valence-corrected chi connectivity index (χ2v) is 10.9. The van der Waals surface area contributed by atoms with Crippen LogP contribution in [0.25, 0.3) is 20.7 Å². The van der Waals surface area contributed by atoms with Gasteiger partial charge in [-0.2, -0.15) is 0 Å². The molecule has 1 unspecified atom stereocenters. The van der Waals surface area contributed by atoms with E-state index in [2.05, 4.69) is 18.0 Å². The zero-order valence-corrected chi connectivity index (χ0v) is 20.1. The molecule has 0 saturated carbocycles. The summed E-state index contributed by atoms with van der Waals surface area (Å²) in [7, 11) is 0. The van der Waals surface area contributed by atoms with Gasteiger partial charge in [-0.25, -0.2) is 4.98 Å². The van der Waals surface area contributed by atoms with E-state index >= 15 is 0 Å². The van der Waals surface area contributed by atoms with Gasteiger partial charge in [0.1, 0.15) is 4.83 Å². The highest BCUT2D eigenvalue weighted by Crippen LogP contribution is 2.35. The van der Waals surface area contributed by atoms with E-state index in [1.807, 2.05) is 41.3 Å². The predicted octanol–water partition coefficient (Wildman–Crippen LogP) is 5.27. The lowest BCUT2D eigenvalue weighted by molar-refractivity contribution is -0.120. The maximum atomic E-state index is 13.3. The summed E-state index contributed by atoms with van der Waals surface area (Å²) in [4.78, 5) is 33.7. The first-order valence-electron chi connectivity index (χ1n) is 9.72. The topological polar surface area (TPSA) is 64.0 Å². The van der Waals surface area contributed by atoms with E-state index in [4.69, 9.17) is 4.98 Å². The van der Waals surface area contributed by atoms with Crippen LogP contribution in [0.2, 0.25) is 0 Å². The molecule has 0 fully saturated rings. The molecule has 0 aliphatic carbocycles. The second kappa shape index (κ2) is 9.95. The zero-order chi connectivity index (χ0) is 21.8. The van der Waals surface area contributed by atoms with Crippen molar-refractivity contribution in [1.82, 2.24) is 14.9 Å². The summed E-state index contributed by atoms with van der Waals surface area (Å²) in [6, 6.07) is 8.06. The summed E-state index contributed by atoms with van der Waals surface area (Å²) < 4.78 is 1.61. The van der Waals surface area contributed by atoms with Crippen LogP contribution in [0.15, 0.2) is 63.0 Å². The molecule has 1 amide bonds. The fraction of sp³-hybridized carbons (Fsp3) is 0.227. The first-order chi connectivity index (χ1) is 15.1. The van der Waals surface area contributed by atoms with Gasteiger partial charge in [0.2, 0.25) is 5.91 Å². The lowest BCUT2D eigenvalue weighted by Gasteiger charge is -2.15. The van der Waals surface area contributed by atoms with Crippen molar-refractivity contribution in [2.24, 2.45) is 0 Å². The lowest BCUT2D eigenvalue weighted by atomic mass is 10.2. The van der Waals surface area contributed by atoms with Gasteiger partial charge in [-0.1, -0.05) is 30.0 Å². The number of hydrogen-bond acceptors (Lipinski definition) is 7. The predicted molar refractivity (Wildman–Crippen MR) is 134 cm³/mol. The van der Waals surface area contributed by atoms with Gasteiger partial charge in [0.15, 0.2) is 5.16 Å². The van der Waals surface area contributed by atoms with E-state index in [1.54, 1.807) is 33.3 Å². The van der Waals surface area contributed by atoms with E-state index < -0.39 is 0 Å². The SMILES string of the molecule is C=CCn1c(SC(C)C(=O)NCCc2cccs2)nc2scc(-c3cccs3)c2c1=O. The Hall–Kier alpha value is -2.20. The highest BCUT2D eigenvalue weighted by Gasteiger charge is 2.21. The summed E-state index contributed by atoms with van der Waals surface area (Å²) in [5.41, 5.74) is 0.823. The summed E-state index contributed by atoms with van der Waals surface area (Å²) in [5, 5.41) is 9.79. The summed E-state index contributed by atoms with van der Waals surface area (Å²) >= 11 is 6.05. The van der Waals surface area contributed by atoms with E-state index in [-0.39, 0.29) is 16.7 Å². The van der Waals surface area contributed by atoms with Crippen LogP contribution in [-0.2, 0) is 17.8 Å². The third kappa shape index (κ3) is 4.85. The van der Waals surface area contributed by atoms with E-state index in [0.29, 0.717) is 28.5 Å². The average Bonchev–Trinajstić information content (AvgIpc) is 3.52. The number of aromatic nitrogens is 2. The molecule has 0 bridgehead atoms. The van der Waals surface area contributed by atoms with Crippen LogP contribution >= 0.6 is 45.8 Å². The molecule has 160 valence electrons. The Bertz CT molecular complexity index is 1240. The molecule has 0 aliphatic heterocycles. The Labute approximate surface area is 196 Å². The standard InChI is InChI=1S/C22H21N3O2S4/c1-3-10-25-21(27)18-16(17-7-5-12-29-17)13-30-20(18)24-22(25)31-14(2)19(26)23-9-8-15-6-4-11-28-15/h3-7,11-14H,1,8-10H2,2H3,(H,23,26). The van der Waals surface area contributed by atoms with Gasteiger partial charge in [-0.15, -0.1) is 40.6 Å². The number of amides is 1. The molecule has 1 N–H and O–H groups in total. The summed E-state index contributed by atoms with van der Waals surface area (Å²) in [5.74, 6) is -0.0634. The van der Waals surface area contributed by atoms with Crippen LogP contribution in [0.1, 0.15) is 11.8 Å². The largest absolute Gasteiger partial charge is 0.355 e. The molecule has 0 spiro atoms. The molecule has 1 atom stereocenters. The Balaban J connectivity index is 1.56. The molecular formula is C22H21N3O2S4. The maximum absolute atomic E-state index is 13.3. The minimum Gasteiger partial charge on any atom is -0.355 e. The number of allylic oxidation sites excluding steroid dienone is 1. The molecule has 0 saturated heterocycles. The molecule has 5 nitrogen and oxygen atoms in total. The molecule has 0 aliphatic rings. The van der Waals surface area contributed by atoms with E-state index in [0.717, 1.165) is 16.9 Å². The van der Waals surface area contributed by atoms with Crippen LogP contribution < -0.4 is 10.9 Å². The Kier molecular flexibility index (Phi) is 7.06. The van der Waals surface area contributed by atoms with Crippen LogP contribution in [-0.4, -0.2) is 27.3 Å². The normalized spacial score (nSPS) is 12.2. The van der Waals surface area contributed by atoms with Gasteiger partial charge in [-0.05, 0) is 36.2 Å². The molecule has 4 aromatic heterocycles. The van der Waals surface area contributed by atoms with Crippen molar-refractivity contribution in [2.45, 2.75) is 30.3 Å². The number of carbonyl (C=O) groups is 1. The number of nitrogens with zero attached hydrogens (tertiary/aromatic N) is 2. The molecule has 4 heterocycles. The van der Waals surface area contributed by atoms with E-state index in [9.17, 15) is 9.59 Å². The third-order valence-electron chi connectivity index (χ3n) is 4.66. The first-order valence-corrected chi connectivity index (χ1v) is 13.2. The van der Waals surface area contributed by atoms with E-state index in [1.165, 1.54) is 28.0 Å². The number of fused-ring (bicyclic) bond motifs is 1. The monoisotopic (exact) mass is 487 g/mol. The highest BCUT2D eigenvalue weighted by molar-refractivity contribution is 8.00. The molecule has 4 aromatic rings. The number of thioether (sulfide) groups is 1. The summed E-state index contributed by atoms with van der Waals surface area (Å²) in [6.45, 7) is 6.56. The fourth-order valence-electron chi connectivity index (χ4n) is 3.12. The molecule has 0 radical (unpaired) electrons. The van der Waals surface area contributed by atoms with Crippen molar-refractivity contribution in [1.29, 1.82) is 0 Å². The molecule has 0 aromatic carbocycles. The molecular weight excluding hydrogens is 467 g/mol. The minimum atomic E-state index is -0.375. The van der Waals surface area contributed by atoms with Crippen molar-refractivity contribution in [3.8, 4) is 10.4 Å². The second-order valence-electron chi connectivity index (χ2n) is 6.79. The molecule has 9 heteroatoms. The van der Waals surface area contributed by atoms with Crippen molar-refractivity contribution >= 4 is 61.9 Å². The summed E-state index contributed by atoms with van der Waals surface area (Å²) in [6.07, 6.45) is 2.49. The van der Waals surface area contributed by atoms with Crippen LogP contribution in [0, 0.1) is 0 Å². The fourth-order valence-corrected chi connectivity index (χ4v) is 6.57. The van der Waals surface area contributed by atoms with Gasteiger partial charge in [0, 0.05) is 33.8 Å². The van der Waals surface area contributed by atoms with Crippen molar-refractivity contribution < 1.29 is 4.79 Å². The van der Waals surface area contributed by atoms with Crippen molar-refractivity contribution in [3.05, 3.63) is 68.3 Å². The number of rotatable bonds is 9. The van der Waals surface area contributed by atoms with Crippen LogP contribution in [0.4, 0.5) is 0 Å². The van der Waals surface area contributed by atoms with Crippen LogP contribution in [0.3, 0.4) is 0 Å². The molecule has 31 heavy (non-hydrogen) atoms. The lowest BCUT2D eigenvalue weighted by Crippen LogP contribution is -2.33. The first kappa shape index (κ1) is 22.0. The number of thiophene rings is 3. The zero-order valence-electron chi connectivity index (χ0n) is 16.9. The smallest absolute Gasteiger partial charge is 0.263 e.